The van der Waals surface area contributed by atoms with E-state index in [1.165, 1.54) is 12.1 Å². The number of piperazine rings is 1. The summed E-state index contributed by atoms with van der Waals surface area (Å²) in [5, 5.41) is 12.2. The molecule has 1 aliphatic heterocycles. The molecule has 2 aromatic heterocycles. The Morgan fingerprint density at radius 3 is 2.43 bits per heavy atom. The number of aryl methyl sites for hydroxylation is 1. The number of rotatable bonds is 5. The molecule has 1 atom stereocenters. The third-order valence-electron chi connectivity index (χ3n) is 6.18. The van der Waals surface area contributed by atoms with Crippen molar-refractivity contribution in [1.29, 1.82) is 0 Å². The van der Waals surface area contributed by atoms with Crippen LogP contribution in [0.1, 0.15) is 57.0 Å². The van der Waals surface area contributed by atoms with Crippen molar-refractivity contribution in [3.63, 3.8) is 0 Å². The Morgan fingerprint density at radius 2 is 1.78 bits per heavy atom. The normalized spacial score (nSPS) is 15.3. The minimum atomic E-state index is -2.91. The Balaban J connectivity index is 1.56. The molecule has 11 heteroatoms. The molecular weight excluding hydrogens is 485 g/mol. The van der Waals surface area contributed by atoms with Crippen molar-refractivity contribution < 1.29 is 22.7 Å². The van der Waals surface area contributed by atoms with E-state index in [9.17, 15) is 18.0 Å². The maximum absolute atomic E-state index is 14.7. The van der Waals surface area contributed by atoms with Gasteiger partial charge in [-0.25, -0.2) is 18.0 Å². The first-order chi connectivity index (χ1) is 17.4. The van der Waals surface area contributed by atoms with Crippen LogP contribution in [0, 0.1) is 12.7 Å². The molecule has 1 N–H and O–H groups in total. The topological polar surface area (TPSA) is 83.5 Å². The first-order valence-electron chi connectivity index (χ1n) is 12.1. The molecule has 4 rings (SSSR count). The van der Waals surface area contributed by atoms with E-state index in [0.29, 0.717) is 48.6 Å². The molecule has 3 aromatic rings. The van der Waals surface area contributed by atoms with Gasteiger partial charge in [-0.15, -0.1) is 5.10 Å². The number of anilines is 2. The van der Waals surface area contributed by atoms with Gasteiger partial charge >= 0.3 is 6.09 Å². The Kier molecular flexibility index (Phi) is 7.42. The smallest absolute Gasteiger partial charge is 0.410 e. The van der Waals surface area contributed by atoms with Crippen molar-refractivity contribution in [1.82, 2.24) is 20.1 Å². The molecule has 1 amide bonds. The van der Waals surface area contributed by atoms with Crippen LogP contribution >= 0.6 is 0 Å². The van der Waals surface area contributed by atoms with E-state index in [1.807, 2.05) is 26.8 Å². The van der Waals surface area contributed by atoms with Gasteiger partial charge in [0.15, 0.2) is 5.82 Å². The summed E-state index contributed by atoms with van der Waals surface area (Å²) >= 11 is 0. The largest absolute Gasteiger partial charge is 0.444 e. The second-order valence-corrected chi connectivity index (χ2v) is 10.1. The standard InChI is InChI=1S/C26H31F3N6O2/c1-15(18-7-6-8-19(21(18)27)23(28)29)31-24-20-13-17(14-30-22(20)16(2)32-33-24)34-9-11-35(12-10-34)25(36)37-26(3,4)5/h6-8,13-15,23H,9-12H2,1-5H3,(H,31,33)/t15-/m1/s1. The number of halogens is 3. The van der Waals surface area contributed by atoms with E-state index in [-0.39, 0.29) is 11.7 Å². The number of alkyl halides is 2. The van der Waals surface area contributed by atoms with Crippen LogP contribution in [0.4, 0.5) is 29.5 Å². The fraction of sp³-hybridized carbons (Fsp3) is 0.462. The number of carbonyl (C=O) groups excluding carboxylic acids is 1. The molecule has 1 fully saturated rings. The van der Waals surface area contributed by atoms with Crippen molar-refractivity contribution in [3.05, 3.63) is 53.1 Å². The summed E-state index contributed by atoms with van der Waals surface area (Å²) in [6.45, 7) is 11.2. The van der Waals surface area contributed by atoms with Gasteiger partial charge in [-0.3, -0.25) is 4.98 Å². The number of pyridine rings is 1. The average molecular weight is 517 g/mol. The van der Waals surface area contributed by atoms with E-state index in [2.05, 4.69) is 25.4 Å². The lowest BCUT2D eigenvalue weighted by atomic mass is 10.0. The fourth-order valence-corrected chi connectivity index (χ4v) is 4.26. The van der Waals surface area contributed by atoms with E-state index in [0.717, 1.165) is 11.8 Å². The number of aromatic nitrogens is 3. The first-order valence-corrected chi connectivity index (χ1v) is 12.1. The summed E-state index contributed by atoms with van der Waals surface area (Å²) in [5.74, 6) is -0.569. The number of carbonyl (C=O) groups is 1. The predicted molar refractivity (Wildman–Crippen MR) is 135 cm³/mol. The number of nitrogens with zero attached hydrogens (tertiary/aromatic N) is 5. The van der Waals surface area contributed by atoms with Gasteiger partial charge in [0.1, 0.15) is 11.4 Å². The highest BCUT2D eigenvalue weighted by Gasteiger charge is 2.27. The lowest BCUT2D eigenvalue weighted by molar-refractivity contribution is 0.0240. The SMILES string of the molecule is Cc1nnc(N[C@H](C)c2cccc(C(F)F)c2F)c2cc(N3CCN(C(=O)OC(C)(C)C)CC3)cnc12. The van der Waals surface area contributed by atoms with Gasteiger partial charge in [0, 0.05) is 37.1 Å². The number of amides is 1. The molecule has 198 valence electrons. The van der Waals surface area contributed by atoms with Crippen LogP contribution in [-0.4, -0.2) is 58.0 Å². The molecule has 37 heavy (non-hydrogen) atoms. The fourth-order valence-electron chi connectivity index (χ4n) is 4.26. The van der Waals surface area contributed by atoms with Crippen LogP contribution in [0.15, 0.2) is 30.5 Å². The Bertz CT molecular complexity index is 1290. The zero-order chi connectivity index (χ0) is 26.9. The number of hydrogen-bond acceptors (Lipinski definition) is 7. The van der Waals surface area contributed by atoms with Crippen molar-refractivity contribution in [2.45, 2.75) is 52.7 Å². The summed E-state index contributed by atoms with van der Waals surface area (Å²) < 4.78 is 46.6. The second-order valence-electron chi connectivity index (χ2n) is 10.1. The summed E-state index contributed by atoms with van der Waals surface area (Å²) in [4.78, 5) is 20.8. The molecular formula is C26H31F3N6O2. The molecule has 0 radical (unpaired) electrons. The van der Waals surface area contributed by atoms with Crippen molar-refractivity contribution in [2.24, 2.45) is 0 Å². The van der Waals surface area contributed by atoms with Gasteiger partial charge in [0.05, 0.1) is 34.7 Å². The van der Waals surface area contributed by atoms with E-state index < -0.39 is 29.4 Å². The minimum absolute atomic E-state index is 0.107. The van der Waals surface area contributed by atoms with Crippen LogP contribution in [-0.2, 0) is 4.74 Å². The van der Waals surface area contributed by atoms with Gasteiger partial charge in [-0.05, 0) is 40.7 Å². The number of fused-ring (bicyclic) bond motifs is 1. The molecule has 0 aliphatic carbocycles. The minimum Gasteiger partial charge on any atom is -0.444 e. The Hall–Kier alpha value is -3.63. The van der Waals surface area contributed by atoms with Gasteiger partial charge in [0.2, 0.25) is 0 Å². The van der Waals surface area contributed by atoms with Crippen LogP contribution < -0.4 is 10.2 Å². The van der Waals surface area contributed by atoms with E-state index in [1.54, 1.807) is 24.9 Å². The lowest BCUT2D eigenvalue weighted by Crippen LogP contribution is -2.50. The maximum atomic E-state index is 14.7. The molecule has 0 saturated carbocycles. The Morgan fingerprint density at radius 1 is 1.11 bits per heavy atom. The molecule has 1 aliphatic rings. The highest BCUT2D eigenvalue weighted by atomic mass is 19.3. The summed E-state index contributed by atoms with van der Waals surface area (Å²) in [6, 6.07) is 5.23. The monoisotopic (exact) mass is 516 g/mol. The summed E-state index contributed by atoms with van der Waals surface area (Å²) in [6.07, 6.45) is -1.49. The number of hydrogen-bond donors (Lipinski definition) is 1. The molecule has 0 unspecified atom stereocenters. The van der Waals surface area contributed by atoms with Crippen LogP contribution in [0.5, 0.6) is 0 Å². The lowest BCUT2D eigenvalue weighted by Gasteiger charge is -2.36. The second kappa shape index (κ2) is 10.4. The molecule has 3 heterocycles. The van der Waals surface area contributed by atoms with E-state index in [4.69, 9.17) is 4.74 Å². The van der Waals surface area contributed by atoms with Gasteiger partial charge in [-0.2, -0.15) is 5.10 Å². The number of benzene rings is 1. The quantitative estimate of drug-likeness (QED) is 0.470. The predicted octanol–water partition coefficient (Wildman–Crippen LogP) is 5.64. The van der Waals surface area contributed by atoms with Crippen molar-refractivity contribution >= 4 is 28.5 Å². The van der Waals surface area contributed by atoms with E-state index >= 15 is 0 Å². The van der Waals surface area contributed by atoms with Crippen molar-refractivity contribution in [3.8, 4) is 0 Å². The highest BCUT2D eigenvalue weighted by molar-refractivity contribution is 5.92. The zero-order valence-electron chi connectivity index (χ0n) is 21.6. The van der Waals surface area contributed by atoms with Crippen LogP contribution in [0.25, 0.3) is 10.9 Å². The van der Waals surface area contributed by atoms with Gasteiger partial charge in [-0.1, -0.05) is 18.2 Å². The molecule has 1 aromatic carbocycles. The first kappa shape index (κ1) is 26.4. The number of nitrogens with one attached hydrogen (secondary N) is 1. The third kappa shape index (κ3) is 5.86. The van der Waals surface area contributed by atoms with Crippen LogP contribution in [0.2, 0.25) is 0 Å². The zero-order valence-corrected chi connectivity index (χ0v) is 21.6. The highest BCUT2D eigenvalue weighted by Crippen LogP contribution is 2.32. The maximum Gasteiger partial charge on any atom is 0.410 e. The third-order valence-corrected chi connectivity index (χ3v) is 6.18. The summed E-state index contributed by atoms with van der Waals surface area (Å²) in [7, 11) is 0. The molecule has 8 nitrogen and oxygen atoms in total. The average Bonchev–Trinajstić information content (AvgIpc) is 2.84. The van der Waals surface area contributed by atoms with Gasteiger partial charge < -0.3 is 19.9 Å². The van der Waals surface area contributed by atoms with Crippen molar-refractivity contribution in [2.75, 3.05) is 36.4 Å². The number of ether oxygens (including phenoxy) is 1. The molecule has 0 bridgehead atoms. The van der Waals surface area contributed by atoms with Crippen LogP contribution in [0.3, 0.4) is 0 Å². The Labute approximate surface area is 213 Å². The molecule has 1 saturated heterocycles. The molecule has 0 spiro atoms. The van der Waals surface area contributed by atoms with Gasteiger partial charge in [0.25, 0.3) is 6.43 Å². The summed E-state index contributed by atoms with van der Waals surface area (Å²) in [5.41, 5.74) is 1.00.